The lowest BCUT2D eigenvalue weighted by molar-refractivity contribution is 0.103. The van der Waals surface area contributed by atoms with Gasteiger partial charge in [0.25, 0.3) is 0 Å². The third-order valence-electron chi connectivity index (χ3n) is 3.83. The minimum absolute atomic E-state index is 0.0866. The number of Topliss-reactive ketones (excluding diaryl/α,β-unsaturated/α-hetero) is 1. The molecule has 1 heterocycles. The van der Waals surface area contributed by atoms with Crippen LogP contribution in [0.1, 0.15) is 28.4 Å². The fourth-order valence-electron chi connectivity index (χ4n) is 2.54. The molecule has 0 amide bonds. The van der Waals surface area contributed by atoms with Gasteiger partial charge in [-0.25, -0.2) is 0 Å². The molecule has 4 heteroatoms. The molecule has 0 saturated heterocycles. The molecule has 0 aliphatic carbocycles. The van der Waals surface area contributed by atoms with Gasteiger partial charge in [-0.15, -0.1) is 0 Å². The lowest BCUT2D eigenvalue weighted by atomic mass is 10.0. The summed E-state index contributed by atoms with van der Waals surface area (Å²) in [6.07, 6.45) is 2.84. The molecule has 4 nitrogen and oxygen atoms in total. The van der Waals surface area contributed by atoms with Crippen molar-refractivity contribution in [2.24, 2.45) is 0 Å². The number of rotatable bonds is 3. The first kappa shape index (κ1) is 15.7. The van der Waals surface area contributed by atoms with E-state index in [1.165, 1.54) is 18.4 Å². The van der Waals surface area contributed by atoms with E-state index in [0.717, 1.165) is 5.56 Å². The first-order valence-corrected chi connectivity index (χ1v) is 7.50. The maximum Gasteiger partial charge on any atom is 0.199 e. The molecule has 3 rings (SSSR count). The Balaban J connectivity index is 2.06. The highest BCUT2D eigenvalue weighted by atomic mass is 16.3. The third-order valence-corrected chi connectivity index (χ3v) is 3.83. The van der Waals surface area contributed by atoms with Crippen molar-refractivity contribution in [1.29, 1.82) is 0 Å². The number of para-hydroxylation sites is 1. The Morgan fingerprint density at radius 3 is 2.67 bits per heavy atom. The summed E-state index contributed by atoms with van der Waals surface area (Å²) in [6, 6.07) is 11.7. The number of allylic oxidation sites excluding steroid dienone is 1. The summed E-state index contributed by atoms with van der Waals surface area (Å²) in [5.74, 6) is -0.423. The van der Waals surface area contributed by atoms with Gasteiger partial charge >= 0.3 is 0 Å². The van der Waals surface area contributed by atoms with Gasteiger partial charge in [-0.2, -0.15) is 0 Å². The highest BCUT2D eigenvalue weighted by molar-refractivity contribution is 6.12. The Bertz CT molecular complexity index is 1030. The van der Waals surface area contributed by atoms with Crippen molar-refractivity contribution < 1.29 is 14.3 Å². The number of hydrogen-bond donors (Lipinski definition) is 1. The molecular weight excluding hydrogens is 304 g/mol. The van der Waals surface area contributed by atoms with Crippen LogP contribution in [0.3, 0.4) is 0 Å². The second-order valence-corrected chi connectivity index (χ2v) is 5.69. The van der Waals surface area contributed by atoms with Gasteiger partial charge < -0.3 is 9.52 Å². The Morgan fingerprint density at radius 1 is 1.17 bits per heavy atom. The van der Waals surface area contributed by atoms with E-state index in [0.29, 0.717) is 22.1 Å². The van der Waals surface area contributed by atoms with Gasteiger partial charge in [-0.05, 0) is 49.8 Å². The molecule has 1 aromatic heterocycles. The summed E-state index contributed by atoms with van der Waals surface area (Å²) >= 11 is 0. The Morgan fingerprint density at radius 2 is 1.92 bits per heavy atom. The summed E-state index contributed by atoms with van der Waals surface area (Å²) < 4.78 is 5.48. The summed E-state index contributed by atoms with van der Waals surface area (Å²) in [4.78, 5) is 25.0. The SMILES string of the molecule is C/C(=C\c1coc2ccc(C)cc2c1=O)C(=O)c1ccccc1O. The number of phenolic OH excluding ortho intramolecular Hbond substituents is 1. The monoisotopic (exact) mass is 320 g/mol. The van der Waals surface area contributed by atoms with Crippen LogP contribution in [0.4, 0.5) is 0 Å². The number of phenols is 1. The number of aryl methyl sites for hydroxylation is 1. The molecule has 0 radical (unpaired) electrons. The first-order chi connectivity index (χ1) is 11.5. The quantitative estimate of drug-likeness (QED) is 0.583. The number of carbonyl (C=O) groups is 1. The summed E-state index contributed by atoms with van der Waals surface area (Å²) in [6.45, 7) is 3.50. The largest absolute Gasteiger partial charge is 0.507 e. The third kappa shape index (κ3) is 2.86. The fraction of sp³-hybridized carbons (Fsp3) is 0.100. The van der Waals surface area contributed by atoms with Crippen LogP contribution in [-0.4, -0.2) is 10.9 Å². The molecule has 1 N–H and O–H groups in total. The van der Waals surface area contributed by atoms with E-state index in [1.807, 2.05) is 13.0 Å². The van der Waals surface area contributed by atoms with Crippen LogP contribution in [0.15, 0.2) is 63.5 Å². The molecule has 0 fully saturated rings. The van der Waals surface area contributed by atoms with Gasteiger partial charge in [-0.3, -0.25) is 9.59 Å². The Kier molecular flexibility index (Phi) is 4.04. The average molecular weight is 320 g/mol. The molecule has 3 aromatic rings. The smallest absolute Gasteiger partial charge is 0.199 e. The van der Waals surface area contributed by atoms with Crippen molar-refractivity contribution in [1.82, 2.24) is 0 Å². The zero-order valence-corrected chi connectivity index (χ0v) is 13.4. The maximum atomic E-state index is 12.6. The zero-order chi connectivity index (χ0) is 17.3. The average Bonchev–Trinajstić information content (AvgIpc) is 2.57. The molecule has 24 heavy (non-hydrogen) atoms. The van der Waals surface area contributed by atoms with Crippen LogP contribution in [0.2, 0.25) is 0 Å². The number of hydrogen-bond acceptors (Lipinski definition) is 4. The van der Waals surface area contributed by atoms with Gasteiger partial charge in [0.1, 0.15) is 17.6 Å². The number of ketones is 1. The molecule has 0 unspecified atom stereocenters. The first-order valence-electron chi connectivity index (χ1n) is 7.50. The van der Waals surface area contributed by atoms with Crippen molar-refractivity contribution in [2.45, 2.75) is 13.8 Å². The topological polar surface area (TPSA) is 67.5 Å². The van der Waals surface area contributed by atoms with Crippen LogP contribution in [-0.2, 0) is 0 Å². The van der Waals surface area contributed by atoms with E-state index in [2.05, 4.69) is 0 Å². The summed E-state index contributed by atoms with van der Waals surface area (Å²) in [5.41, 5.74) is 2.12. The van der Waals surface area contributed by atoms with Gasteiger partial charge in [0.15, 0.2) is 11.2 Å². The van der Waals surface area contributed by atoms with E-state index in [-0.39, 0.29) is 22.5 Å². The van der Waals surface area contributed by atoms with Gasteiger partial charge in [-0.1, -0.05) is 23.8 Å². The van der Waals surface area contributed by atoms with E-state index < -0.39 is 0 Å². The van der Waals surface area contributed by atoms with Crippen LogP contribution >= 0.6 is 0 Å². The number of aromatic hydroxyl groups is 1. The highest BCUT2D eigenvalue weighted by Crippen LogP contribution is 2.21. The van der Waals surface area contributed by atoms with E-state index in [4.69, 9.17) is 4.42 Å². The molecule has 0 aliphatic rings. The lowest BCUT2D eigenvalue weighted by Gasteiger charge is -2.04. The van der Waals surface area contributed by atoms with Crippen LogP contribution in [0.25, 0.3) is 17.0 Å². The second-order valence-electron chi connectivity index (χ2n) is 5.69. The molecule has 2 aromatic carbocycles. The molecule has 0 bridgehead atoms. The van der Waals surface area contributed by atoms with Crippen molar-refractivity contribution in [3.8, 4) is 5.75 Å². The van der Waals surface area contributed by atoms with Gasteiger partial charge in [0, 0.05) is 0 Å². The van der Waals surface area contributed by atoms with Crippen molar-refractivity contribution >= 4 is 22.8 Å². The Hall–Kier alpha value is -3.14. The fourth-order valence-corrected chi connectivity index (χ4v) is 2.54. The second kappa shape index (κ2) is 6.16. The molecule has 120 valence electrons. The minimum atomic E-state index is -0.336. The Labute approximate surface area is 138 Å². The molecule has 0 aliphatic heterocycles. The maximum absolute atomic E-state index is 12.6. The molecule has 0 spiro atoms. The standard InChI is InChI=1S/C20H16O4/c1-12-7-8-18-16(9-12)20(23)14(11-24-18)10-13(2)19(22)15-5-3-4-6-17(15)21/h3-11,21H,1-2H3/b13-10+. The number of carbonyl (C=O) groups excluding carboxylic acids is 1. The van der Waals surface area contributed by atoms with Crippen LogP contribution in [0.5, 0.6) is 5.75 Å². The van der Waals surface area contributed by atoms with E-state index in [1.54, 1.807) is 37.3 Å². The summed E-state index contributed by atoms with van der Waals surface area (Å²) in [7, 11) is 0. The predicted octanol–water partition coefficient (Wildman–Crippen LogP) is 4.09. The van der Waals surface area contributed by atoms with Crippen LogP contribution < -0.4 is 5.43 Å². The van der Waals surface area contributed by atoms with Crippen molar-refractivity contribution in [3.05, 3.63) is 81.2 Å². The molecular formula is C20H16O4. The van der Waals surface area contributed by atoms with Crippen LogP contribution in [0, 0.1) is 6.92 Å². The zero-order valence-electron chi connectivity index (χ0n) is 13.4. The van der Waals surface area contributed by atoms with E-state index in [9.17, 15) is 14.7 Å². The molecule has 0 atom stereocenters. The molecule has 0 saturated carbocycles. The van der Waals surface area contributed by atoms with E-state index >= 15 is 0 Å². The van der Waals surface area contributed by atoms with Gasteiger partial charge in [0.2, 0.25) is 0 Å². The number of fused-ring (bicyclic) bond motifs is 1. The van der Waals surface area contributed by atoms with Crippen molar-refractivity contribution in [2.75, 3.05) is 0 Å². The highest BCUT2D eigenvalue weighted by Gasteiger charge is 2.13. The predicted molar refractivity (Wildman–Crippen MR) is 93.3 cm³/mol. The summed E-state index contributed by atoms with van der Waals surface area (Å²) in [5, 5.41) is 10.3. The normalized spacial score (nSPS) is 11.7. The van der Waals surface area contributed by atoms with Crippen molar-refractivity contribution in [3.63, 3.8) is 0 Å². The van der Waals surface area contributed by atoms with Gasteiger partial charge in [0.05, 0.1) is 16.5 Å². The lowest BCUT2D eigenvalue weighted by Crippen LogP contribution is -2.07. The minimum Gasteiger partial charge on any atom is -0.507 e. The number of benzene rings is 2.